The third-order valence-corrected chi connectivity index (χ3v) is 3.41. The smallest absolute Gasteiger partial charge is 0.232 e. The Morgan fingerprint density at radius 3 is 2.59 bits per heavy atom. The largest absolute Gasteiger partial charge is 0.286 e. The quantitative estimate of drug-likeness (QED) is 0.757. The Morgan fingerprint density at radius 2 is 1.94 bits per heavy atom. The lowest BCUT2D eigenvalue weighted by Crippen LogP contribution is -2.43. The van der Waals surface area contributed by atoms with Crippen molar-refractivity contribution in [3.05, 3.63) is 34.9 Å². The molecule has 90 valence electrons. The first-order valence-corrected chi connectivity index (χ1v) is 6.00. The number of hydrogen-bond acceptors (Lipinski definition) is 2. The highest BCUT2D eigenvalue weighted by Crippen LogP contribution is 2.22. The summed E-state index contributed by atoms with van der Waals surface area (Å²) >= 11 is 5.81. The molecule has 2 amide bonds. The van der Waals surface area contributed by atoms with E-state index in [9.17, 15) is 9.59 Å². The Balaban J connectivity index is 2.06. The van der Waals surface area contributed by atoms with E-state index < -0.39 is 0 Å². The average Bonchev–Trinajstić information content (AvgIpc) is 2.33. The van der Waals surface area contributed by atoms with Crippen LogP contribution in [0.3, 0.4) is 0 Å². The SMILES string of the molecule is CN1C(=O)CCC(Cc2ccc(Cl)cc2)C1=O. The van der Waals surface area contributed by atoms with E-state index in [4.69, 9.17) is 11.6 Å². The van der Waals surface area contributed by atoms with Crippen LogP contribution in [0, 0.1) is 5.92 Å². The van der Waals surface area contributed by atoms with Crippen molar-refractivity contribution >= 4 is 23.4 Å². The highest BCUT2D eigenvalue weighted by Gasteiger charge is 2.31. The standard InChI is InChI=1S/C13H14ClNO2/c1-15-12(16)7-4-10(13(15)17)8-9-2-5-11(14)6-3-9/h2-3,5-6,10H,4,7-8H2,1H3. The third-order valence-electron chi connectivity index (χ3n) is 3.16. The maximum atomic E-state index is 11.9. The lowest BCUT2D eigenvalue weighted by atomic mass is 9.90. The van der Waals surface area contributed by atoms with Gasteiger partial charge in [0.1, 0.15) is 0 Å². The van der Waals surface area contributed by atoms with E-state index >= 15 is 0 Å². The number of halogens is 1. The molecule has 1 heterocycles. The molecule has 1 aliphatic rings. The minimum absolute atomic E-state index is 0.0730. The summed E-state index contributed by atoms with van der Waals surface area (Å²) in [6, 6.07) is 7.48. The molecule has 0 N–H and O–H groups in total. The van der Waals surface area contributed by atoms with Crippen molar-refractivity contribution < 1.29 is 9.59 Å². The molecule has 1 aromatic rings. The summed E-state index contributed by atoms with van der Waals surface area (Å²) in [6.07, 6.45) is 1.78. The number of imide groups is 1. The van der Waals surface area contributed by atoms with Crippen molar-refractivity contribution in [1.29, 1.82) is 0 Å². The van der Waals surface area contributed by atoms with Gasteiger partial charge in [-0.1, -0.05) is 23.7 Å². The van der Waals surface area contributed by atoms with Gasteiger partial charge in [-0.05, 0) is 30.5 Å². The fourth-order valence-corrected chi connectivity index (χ4v) is 2.21. The van der Waals surface area contributed by atoms with Crippen LogP contribution in [0.1, 0.15) is 18.4 Å². The van der Waals surface area contributed by atoms with Crippen LogP contribution >= 0.6 is 11.6 Å². The first kappa shape index (κ1) is 12.1. The van der Waals surface area contributed by atoms with Crippen LogP contribution in [0.2, 0.25) is 5.02 Å². The van der Waals surface area contributed by atoms with Gasteiger partial charge in [-0.25, -0.2) is 0 Å². The fourth-order valence-electron chi connectivity index (χ4n) is 2.08. The van der Waals surface area contributed by atoms with Gasteiger partial charge in [0.2, 0.25) is 11.8 Å². The van der Waals surface area contributed by atoms with Crippen LogP contribution in [-0.2, 0) is 16.0 Å². The molecule has 0 aliphatic carbocycles. The molecule has 17 heavy (non-hydrogen) atoms. The Hall–Kier alpha value is -1.35. The molecular weight excluding hydrogens is 238 g/mol. The molecule has 0 radical (unpaired) electrons. The molecule has 0 saturated carbocycles. The molecule has 0 bridgehead atoms. The molecular formula is C13H14ClNO2. The Kier molecular flexibility index (Phi) is 3.48. The molecule has 1 aromatic carbocycles. The summed E-state index contributed by atoms with van der Waals surface area (Å²) in [7, 11) is 1.55. The summed E-state index contributed by atoms with van der Waals surface area (Å²) in [4.78, 5) is 24.5. The van der Waals surface area contributed by atoms with Crippen molar-refractivity contribution in [1.82, 2.24) is 4.90 Å². The third kappa shape index (κ3) is 2.67. The minimum atomic E-state index is -0.0844. The van der Waals surface area contributed by atoms with Crippen LogP contribution in [0.4, 0.5) is 0 Å². The van der Waals surface area contributed by atoms with Gasteiger partial charge in [-0.3, -0.25) is 14.5 Å². The maximum absolute atomic E-state index is 11.9. The number of benzene rings is 1. The van der Waals surface area contributed by atoms with Gasteiger partial charge in [0.05, 0.1) is 0 Å². The van der Waals surface area contributed by atoms with E-state index in [1.54, 1.807) is 7.05 Å². The van der Waals surface area contributed by atoms with Crippen LogP contribution in [0.15, 0.2) is 24.3 Å². The number of rotatable bonds is 2. The monoisotopic (exact) mass is 251 g/mol. The predicted octanol–water partition coefficient (Wildman–Crippen LogP) is 2.28. The zero-order valence-electron chi connectivity index (χ0n) is 9.65. The Morgan fingerprint density at radius 1 is 1.29 bits per heavy atom. The summed E-state index contributed by atoms with van der Waals surface area (Å²) in [6.45, 7) is 0. The number of piperidine rings is 1. The molecule has 1 atom stereocenters. The van der Waals surface area contributed by atoms with Crippen molar-refractivity contribution in [2.75, 3.05) is 7.05 Å². The Bertz CT molecular complexity index is 441. The molecule has 3 nitrogen and oxygen atoms in total. The van der Waals surface area contributed by atoms with E-state index in [-0.39, 0.29) is 17.7 Å². The molecule has 1 aliphatic heterocycles. The van der Waals surface area contributed by atoms with Gasteiger partial charge in [-0.15, -0.1) is 0 Å². The van der Waals surface area contributed by atoms with Gasteiger partial charge in [-0.2, -0.15) is 0 Å². The number of carbonyl (C=O) groups excluding carboxylic acids is 2. The van der Waals surface area contributed by atoms with Gasteiger partial charge in [0.15, 0.2) is 0 Å². The summed E-state index contributed by atoms with van der Waals surface area (Å²) in [5.41, 5.74) is 1.08. The van der Waals surface area contributed by atoms with Crippen molar-refractivity contribution in [2.45, 2.75) is 19.3 Å². The number of carbonyl (C=O) groups is 2. The Labute approximate surface area is 105 Å². The van der Waals surface area contributed by atoms with Gasteiger partial charge in [0.25, 0.3) is 0 Å². The lowest BCUT2D eigenvalue weighted by molar-refractivity contribution is -0.149. The van der Waals surface area contributed by atoms with E-state index in [1.165, 1.54) is 4.90 Å². The zero-order valence-corrected chi connectivity index (χ0v) is 10.4. The second-order valence-corrected chi connectivity index (χ2v) is 4.79. The highest BCUT2D eigenvalue weighted by molar-refractivity contribution is 6.30. The molecule has 0 aromatic heterocycles. The lowest BCUT2D eigenvalue weighted by Gasteiger charge is -2.27. The van der Waals surface area contributed by atoms with Crippen LogP contribution in [0.5, 0.6) is 0 Å². The molecule has 1 saturated heterocycles. The van der Waals surface area contributed by atoms with E-state index in [2.05, 4.69) is 0 Å². The number of likely N-dealkylation sites (tertiary alicyclic amines) is 1. The maximum Gasteiger partial charge on any atom is 0.232 e. The normalized spacial score (nSPS) is 20.8. The summed E-state index contributed by atoms with van der Waals surface area (Å²) in [5, 5.41) is 0.691. The van der Waals surface area contributed by atoms with Crippen LogP contribution in [0.25, 0.3) is 0 Å². The van der Waals surface area contributed by atoms with Gasteiger partial charge in [0, 0.05) is 24.4 Å². The molecule has 1 fully saturated rings. The van der Waals surface area contributed by atoms with E-state index in [0.717, 1.165) is 5.56 Å². The number of amides is 2. The summed E-state index contributed by atoms with van der Waals surface area (Å²) in [5.74, 6) is -0.238. The van der Waals surface area contributed by atoms with Crippen LogP contribution < -0.4 is 0 Å². The molecule has 0 spiro atoms. The molecule has 2 rings (SSSR count). The predicted molar refractivity (Wildman–Crippen MR) is 65.7 cm³/mol. The van der Waals surface area contributed by atoms with Crippen LogP contribution in [-0.4, -0.2) is 23.8 Å². The second kappa shape index (κ2) is 4.88. The van der Waals surface area contributed by atoms with Crippen molar-refractivity contribution in [3.63, 3.8) is 0 Å². The van der Waals surface area contributed by atoms with E-state index in [0.29, 0.717) is 24.3 Å². The topological polar surface area (TPSA) is 37.4 Å². The van der Waals surface area contributed by atoms with E-state index in [1.807, 2.05) is 24.3 Å². The second-order valence-electron chi connectivity index (χ2n) is 4.36. The highest BCUT2D eigenvalue weighted by atomic mass is 35.5. The van der Waals surface area contributed by atoms with Crippen molar-refractivity contribution in [3.8, 4) is 0 Å². The minimum Gasteiger partial charge on any atom is -0.286 e. The summed E-state index contributed by atoms with van der Waals surface area (Å²) < 4.78 is 0. The average molecular weight is 252 g/mol. The number of hydrogen-bond donors (Lipinski definition) is 0. The van der Waals surface area contributed by atoms with Gasteiger partial charge >= 0.3 is 0 Å². The molecule has 1 unspecified atom stereocenters. The van der Waals surface area contributed by atoms with Gasteiger partial charge < -0.3 is 0 Å². The fraction of sp³-hybridized carbons (Fsp3) is 0.385. The molecule has 4 heteroatoms. The zero-order chi connectivity index (χ0) is 12.4. The first-order chi connectivity index (χ1) is 8.08. The van der Waals surface area contributed by atoms with Crippen molar-refractivity contribution in [2.24, 2.45) is 5.92 Å². The first-order valence-electron chi connectivity index (χ1n) is 5.63. The number of nitrogens with zero attached hydrogens (tertiary/aromatic N) is 1.